The minimum Gasteiger partial charge on any atom is -0.370 e. The van der Waals surface area contributed by atoms with Gasteiger partial charge in [-0.05, 0) is 17.6 Å². The fourth-order valence-electron chi connectivity index (χ4n) is 2.00. The van der Waals surface area contributed by atoms with Gasteiger partial charge in [-0.25, -0.2) is 0 Å². The molecule has 0 saturated heterocycles. The summed E-state index contributed by atoms with van der Waals surface area (Å²) < 4.78 is 0. The molecule has 1 atom stereocenters. The van der Waals surface area contributed by atoms with Gasteiger partial charge in [0.15, 0.2) is 5.96 Å². The van der Waals surface area contributed by atoms with E-state index in [1.165, 1.54) is 5.57 Å². The molecule has 0 aliphatic heterocycles. The molecule has 1 unspecified atom stereocenters. The van der Waals surface area contributed by atoms with E-state index in [-0.39, 0.29) is 18.3 Å². The van der Waals surface area contributed by atoms with Crippen LogP contribution in [0.1, 0.15) is 12.8 Å². The van der Waals surface area contributed by atoms with Gasteiger partial charge in [0.05, 0.1) is 6.42 Å². The molecule has 88 valence electrons. The van der Waals surface area contributed by atoms with Crippen LogP contribution in [-0.4, -0.2) is 11.9 Å². The van der Waals surface area contributed by atoms with E-state index in [0.717, 1.165) is 12.0 Å². The monoisotopic (exact) mass is 229 g/mol. The van der Waals surface area contributed by atoms with Gasteiger partial charge >= 0.3 is 0 Å². The van der Waals surface area contributed by atoms with E-state index in [4.69, 9.17) is 11.5 Å². The Kier molecular flexibility index (Phi) is 3.23. The molecule has 17 heavy (non-hydrogen) atoms. The van der Waals surface area contributed by atoms with Crippen molar-refractivity contribution >= 4 is 11.9 Å². The van der Waals surface area contributed by atoms with Gasteiger partial charge in [0.2, 0.25) is 0 Å². The van der Waals surface area contributed by atoms with E-state index in [2.05, 4.69) is 29.3 Å². The van der Waals surface area contributed by atoms with Gasteiger partial charge < -0.3 is 11.5 Å². The summed E-state index contributed by atoms with van der Waals surface area (Å²) in [4.78, 5) is 14.9. The minimum atomic E-state index is -0.306. The minimum absolute atomic E-state index is 0.184. The number of nitrogens with two attached hydrogens (primary N) is 2. The second kappa shape index (κ2) is 4.82. The first-order chi connectivity index (χ1) is 8.15. The number of carbonyl (C=O) groups excluding carboxylic acids is 1. The molecule has 0 saturated carbocycles. The number of hydrogen-bond donors (Lipinski definition) is 2. The van der Waals surface area contributed by atoms with Crippen LogP contribution in [0.2, 0.25) is 0 Å². The highest BCUT2D eigenvalue weighted by Gasteiger charge is 2.16. The van der Waals surface area contributed by atoms with Crippen molar-refractivity contribution in [2.75, 3.05) is 0 Å². The van der Waals surface area contributed by atoms with E-state index in [0.29, 0.717) is 5.92 Å². The number of amides is 1. The predicted molar refractivity (Wildman–Crippen MR) is 68.0 cm³/mol. The molecule has 0 aromatic heterocycles. The molecule has 1 amide bonds. The Morgan fingerprint density at radius 3 is 3.00 bits per heavy atom. The van der Waals surface area contributed by atoms with Crippen LogP contribution in [0, 0.1) is 5.92 Å². The molecule has 2 aliphatic rings. The average Bonchev–Trinajstić information content (AvgIpc) is 2.27. The molecule has 0 fully saturated rings. The molecular weight excluding hydrogens is 214 g/mol. The van der Waals surface area contributed by atoms with Crippen LogP contribution in [0.4, 0.5) is 0 Å². The van der Waals surface area contributed by atoms with Crippen LogP contribution in [0.3, 0.4) is 0 Å². The number of nitrogens with zero attached hydrogens (tertiary/aromatic N) is 1. The van der Waals surface area contributed by atoms with Crippen LogP contribution < -0.4 is 11.5 Å². The quantitative estimate of drug-likeness (QED) is 0.551. The van der Waals surface area contributed by atoms with Crippen molar-refractivity contribution in [3.05, 3.63) is 47.6 Å². The van der Waals surface area contributed by atoms with E-state index in [1.807, 2.05) is 12.2 Å². The summed E-state index contributed by atoms with van der Waals surface area (Å²) >= 11 is 0. The van der Waals surface area contributed by atoms with E-state index in [1.54, 1.807) is 0 Å². The summed E-state index contributed by atoms with van der Waals surface area (Å²) in [6.45, 7) is 0. The summed E-state index contributed by atoms with van der Waals surface area (Å²) in [5, 5.41) is 0. The summed E-state index contributed by atoms with van der Waals surface area (Å²) in [6, 6.07) is 0. The standard InChI is InChI=1S/C13H15N3O/c14-13(15)16-12(17)8-9-5-6-10-3-1-2-4-11(10)7-9/h1-3,5-7,11H,4,8H2,(H4,14,15,16,17). The number of carbonyl (C=O) groups is 1. The highest BCUT2D eigenvalue weighted by atomic mass is 16.1. The molecule has 4 N–H and O–H groups in total. The molecule has 2 aliphatic carbocycles. The van der Waals surface area contributed by atoms with Gasteiger partial charge in [0.1, 0.15) is 0 Å². The first-order valence-corrected chi connectivity index (χ1v) is 5.53. The Bertz CT molecular complexity index is 477. The van der Waals surface area contributed by atoms with Crippen molar-refractivity contribution in [1.82, 2.24) is 0 Å². The van der Waals surface area contributed by atoms with E-state index in [9.17, 15) is 4.79 Å². The summed E-state index contributed by atoms with van der Waals surface area (Å²) in [6.07, 6.45) is 13.6. The highest BCUT2D eigenvalue weighted by molar-refractivity contribution is 5.92. The fraction of sp³-hybridized carbons (Fsp3) is 0.231. The van der Waals surface area contributed by atoms with Gasteiger partial charge in [-0.1, -0.05) is 36.5 Å². The second-order valence-corrected chi connectivity index (χ2v) is 4.12. The van der Waals surface area contributed by atoms with Gasteiger partial charge in [-0.2, -0.15) is 4.99 Å². The number of allylic oxidation sites excluding steroid dienone is 7. The average molecular weight is 229 g/mol. The molecule has 0 bridgehead atoms. The first kappa shape index (κ1) is 11.4. The molecular formula is C13H15N3O. The van der Waals surface area contributed by atoms with Crippen LogP contribution in [0.15, 0.2) is 52.6 Å². The zero-order valence-electron chi connectivity index (χ0n) is 9.47. The Balaban J connectivity index is 2.05. The zero-order valence-corrected chi connectivity index (χ0v) is 9.47. The van der Waals surface area contributed by atoms with Crippen LogP contribution in [0.25, 0.3) is 0 Å². The lowest BCUT2D eigenvalue weighted by Crippen LogP contribution is -2.24. The lowest BCUT2D eigenvalue weighted by atomic mass is 9.85. The SMILES string of the molecule is NC(N)=NC(=O)CC1=CC2CC=CC=C2C=C1. The Labute approximate surface area is 100 Å². The summed E-state index contributed by atoms with van der Waals surface area (Å²) in [5.41, 5.74) is 12.6. The third-order valence-corrected chi connectivity index (χ3v) is 2.76. The van der Waals surface area contributed by atoms with Crippen molar-refractivity contribution in [2.45, 2.75) is 12.8 Å². The van der Waals surface area contributed by atoms with E-state index < -0.39 is 0 Å². The molecule has 4 nitrogen and oxygen atoms in total. The topological polar surface area (TPSA) is 81.5 Å². The van der Waals surface area contributed by atoms with Crippen molar-refractivity contribution in [3.8, 4) is 0 Å². The van der Waals surface area contributed by atoms with Gasteiger partial charge in [0, 0.05) is 5.92 Å². The highest BCUT2D eigenvalue weighted by Crippen LogP contribution is 2.29. The number of aliphatic imine (C=N–C) groups is 1. The summed E-state index contributed by atoms with van der Waals surface area (Å²) in [5.74, 6) is -0.108. The lowest BCUT2D eigenvalue weighted by Gasteiger charge is -2.20. The van der Waals surface area contributed by atoms with Gasteiger partial charge in [0.25, 0.3) is 5.91 Å². The van der Waals surface area contributed by atoms with Gasteiger partial charge in [-0.15, -0.1) is 0 Å². The third-order valence-electron chi connectivity index (χ3n) is 2.76. The molecule has 0 heterocycles. The Morgan fingerprint density at radius 2 is 2.24 bits per heavy atom. The second-order valence-electron chi connectivity index (χ2n) is 4.12. The molecule has 0 aromatic carbocycles. The van der Waals surface area contributed by atoms with Gasteiger partial charge in [-0.3, -0.25) is 4.79 Å². The normalized spacial score (nSPS) is 21.3. The zero-order chi connectivity index (χ0) is 12.3. The molecule has 0 spiro atoms. The molecule has 2 rings (SSSR count). The van der Waals surface area contributed by atoms with Crippen LogP contribution in [-0.2, 0) is 4.79 Å². The van der Waals surface area contributed by atoms with Crippen LogP contribution in [0.5, 0.6) is 0 Å². The lowest BCUT2D eigenvalue weighted by molar-refractivity contribution is -0.117. The van der Waals surface area contributed by atoms with Crippen molar-refractivity contribution in [1.29, 1.82) is 0 Å². The maximum Gasteiger partial charge on any atom is 0.253 e. The maximum absolute atomic E-state index is 11.4. The van der Waals surface area contributed by atoms with Crippen molar-refractivity contribution < 1.29 is 4.79 Å². The number of hydrogen-bond acceptors (Lipinski definition) is 1. The molecule has 4 heteroatoms. The van der Waals surface area contributed by atoms with E-state index >= 15 is 0 Å². The number of guanidine groups is 1. The maximum atomic E-state index is 11.4. The van der Waals surface area contributed by atoms with Crippen LogP contribution >= 0.6 is 0 Å². The first-order valence-electron chi connectivity index (χ1n) is 5.53. The number of fused-ring (bicyclic) bond motifs is 1. The number of rotatable bonds is 2. The Morgan fingerprint density at radius 1 is 1.41 bits per heavy atom. The molecule has 0 radical (unpaired) electrons. The third kappa shape index (κ3) is 2.93. The largest absolute Gasteiger partial charge is 0.370 e. The fourth-order valence-corrected chi connectivity index (χ4v) is 2.00. The predicted octanol–water partition coefficient (Wildman–Crippen LogP) is 1.18. The van der Waals surface area contributed by atoms with Crippen molar-refractivity contribution in [2.24, 2.45) is 22.4 Å². The summed E-state index contributed by atoms with van der Waals surface area (Å²) in [7, 11) is 0. The molecule has 0 aromatic rings. The van der Waals surface area contributed by atoms with Crippen molar-refractivity contribution in [3.63, 3.8) is 0 Å². The Hall–Kier alpha value is -2.10. The smallest absolute Gasteiger partial charge is 0.253 e.